The number of hydrogen-bond acceptors (Lipinski definition) is 6. The van der Waals surface area contributed by atoms with Crippen molar-refractivity contribution in [3.05, 3.63) is 65.5 Å². The van der Waals surface area contributed by atoms with Crippen molar-refractivity contribution in [2.24, 2.45) is 0 Å². The van der Waals surface area contributed by atoms with E-state index in [4.69, 9.17) is 4.74 Å². The summed E-state index contributed by atoms with van der Waals surface area (Å²) in [5.74, 6) is -1.33. The zero-order valence-electron chi connectivity index (χ0n) is 19.9. The maximum Gasteiger partial charge on any atom is 0.182 e. The molecule has 182 valence electrons. The van der Waals surface area contributed by atoms with Crippen molar-refractivity contribution < 1.29 is 13.5 Å². The van der Waals surface area contributed by atoms with E-state index in [2.05, 4.69) is 35.9 Å². The summed E-state index contributed by atoms with van der Waals surface area (Å²) in [7, 11) is 0. The topological polar surface area (TPSA) is 78.6 Å². The Hall–Kier alpha value is -3.33. The normalized spacial score (nSPS) is 18.1. The van der Waals surface area contributed by atoms with E-state index in [-0.39, 0.29) is 5.56 Å². The summed E-state index contributed by atoms with van der Waals surface area (Å²) in [6.45, 7) is 4.54. The predicted molar refractivity (Wildman–Crippen MR) is 128 cm³/mol. The first kappa shape index (κ1) is 23.4. The molecule has 1 atom stereocenters. The standard InChI is InChI=1S/C14H10F2N4.C12H18N2O/c1-7-8(2)20-14-13(19-7)12(17-6-18-14)10-4-3-9(15)5-11(10)16;1-2-7-15-12(6-1)10-8-13-14(9-10)11-4-3-5-11/h3-6H,1-2H3;8-9,11-12H,1-7H2/t;12-/m.1/s1. The van der Waals surface area contributed by atoms with Gasteiger partial charge in [-0.15, -0.1) is 0 Å². The van der Waals surface area contributed by atoms with Crippen LogP contribution in [0.2, 0.25) is 0 Å². The Bertz CT molecular complexity index is 1330. The van der Waals surface area contributed by atoms with Crippen LogP contribution in [-0.2, 0) is 4.74 Å². The van der Waals surface area contributed by atoms with E-state index in [9.17, 15) is 8.78 Å². The number of aryl methyl sites for hydroxylation is 2. The molecule has 7 nitrogen and oxygen atoms in total. The number of hydrogen-bond donors (Lipinski definition) is 0. The highest BCUT2D eigenvalue weighted by molar-refractivity contribution is 5.86. The minimum atomic E-state index is -0.690. The fraction of sp³-hybridized carbons (Fsp3) is 0.423. The third-order valence-electron chi connectivity index (χ3n) is 6.69. The van der Waals surface area contributed by atoms with E-state index in [1.165, 1.54) is 56.1 Å². The molecule has 0 spiro atoms. The van der Waals surface area contributed by atoms with Gasteiger partial charge in [0.2, 0.25) is 0 Å². The molecule has 1 saturated carbocycles. The number of fused-ring (bicyclic) bond motifs is 1. The molecular formula is C26H28F2N6O. The average Bonchev–Trinajstić information content (AvgIpc) is 3.29. The third kappa shape index (κ3) is 5.05. The van der Waals surface area contributed by atoms with Crippen LogP contribution in [0.4, 0.5) is 8.78 Å². The number of ether oxygens (including phenoxy) is 1. The SMILES string of the molecule is Cc1nc2ncnc(-c3ccc(F)cc3F)c2nc1C.c1nn(C2CCC2)cc1[C@H]1CCCCO1. The average molecular weight is 479 g/mol. The van der Waals surface area contributed by atoms with Crippen molar-refractivity contribution in [2.45, 2.75) is 64.5 Å². The quantitative estimate of drug-likeness (QED) is 0.369. The van der Waals surface area contributed by atoms with E-state index >= 15 is 0 Å². The highest BCUT2D eigenvalue weighted by Crippen LogP contribution is 2.33. The zero-order valence-corrected chi connectivity index (χ0v) is 19.9. The van der Waals surface area contributed by atoms with Crippen molar-refractivity contribution in [1.29, 1.82) is 0 Å². The molecule has 1 aliphatic heterocycles. The molecule has 0 bridgehead atoms. The van der Waals surface area contributed by atoms with Gasteiger partial charge in [0, 0.05) is 30.0 Å². The molecule has 9 heteroatoms. The number of halogens is 2. The molecule has 1 aromatic carbocycles. The molecule has 1 aliphatic carbocycles. The fourth-order valence-corrected chi connectivity index (χ4v) is 4.29. The largest absolute Gasteiger partial charge is 0.373 e. The molecule has 0 radical (unpaired) electrons. The second-order valence-corrected chi connectivity index (χ2v) is 9.11. The summed E-state index contributed by atoms with van der Waals surface area (Å²) >= 11 is 0. The minimum absolute atomic E-state index is 0.177. The van der Waals surface area contributed by atoms with Gasteiger partial charge in [0.1, 0.15) is 29.2 Å². The Balaban J connectivity index is 0.000000151. The van der Waals surface area contributed by atoms with Gasteiger partial charge in [-0.1, -0.05) is 0 Å². The smallest absolute Gasteiger partial charge is 0.182 e. The van der Waals surface area contributed by atoms with Crippen LogP contribution in [0.5, 0.6) is 0 Å². The Kier molecular flexibility index (Phi) is 6.77. The Morgan fingerprint density at radius 2 is 1.80 bits per heavy atom. The monoisotopic (exact) mass is 478 g/mol. The molecule has 35 heavy (non-hydrogen) atoms. The first-order valence-corrected chi connectivity index (χ1v) is 12.1. The van der Waals surface area contributed by atoms with Crippen LogP contribution in [-0.4, -0.2) is 36.3 Å². The van der Waals surface area contributed by atoms with Crippen LogP contribution >= 0.6 is 0 Å². The molecule has 0 unspecified atom stereocenters. The predicted octanol–water partition coefficient (Wildman–Crippen LogP) is 5.83. The van der Waals surface area contributed by atoms with E-state index in [1.54, 1.807) is 6.92 Å². The molecule has 1 saturated heterocycles. The maximum atomic E-state index is 13.9. The second kappa shape index (κ2) is 10.1. The lowest BCUT2D eigenvalue weighted by atomic mass is 9.93. The number of rotatable bonds is 3. The van der Waals surface area contributed by atoms with Gasteiger partial charge in [-0.2, -0.15) is 5.10 Å². The first-order valence-electron chi connectivity index (χ1n) is 12.1. The summed E-state index contributed by atoms with van der Waals surface area (Å²) in [5.41, 5.74) is 4.03. The summed E-state index contributed by atoms with van der Waals surface area (Å²) in [5, 5.41) is 4.45. The van der Waals surface area contributed by atoms with Crippen molar-refractivity contribution in [1.82, 2.24) is 29.7 Å². The molecule has 0 N–H and O–H groups in total. The summed E-state index contributed by atoms with van der Waals surface area (Å²) < 4.78 is 34.8. The van der Waals surface area contributed by atoms with Gasteiger partial charge in [0.15, 0.2) is 5.65 Å². The molecule has 4 heterocycles. The van der Waals surface area contributed by atoms with E-state index in [1.807, 2.05) is 13.1 Å². The molecule has 2 aliphatic rings. The summed E-state index contributed by atoms with van der Waals surface area (Å²) in [6.07, 6.45) is 13.4. The lowest BCUT2D eigenvalue weighted by Gasteiger charge is -2.26. The van der Waals surface area contributed by atoms with Gasteiger partial charge >= 0.3 is 0 Å². The molecule has 4 aromatic rings. The van der Waals surface area contributed by atoms with Crippen LogP contribution in [0.3, 0.4) is 0 Å². The van der Waals surface area contributed by atoms with E-state index < -0.39 is 11.6 Å². The molecule has 6 rings (SSSR count). The van der Waals surface area contributed by atoms with E-state index in [0.717, 1.165) is 30.5 Å². The fourth-order valence-electron chi connectivity index (χ4n) is 4.29. The Morgan fingerprint density at radius 3 is 2.51 bits per heavy atom. The summed E-state index contributed by atoms with van der Waals surface area (Å²) in [6, 6.07) is 4.00. The zero-order chi connectivity index (χ0) is 24.4. The Morgan fingerprint density at radius 1 is 0.971 bits per heavy atom. The van der Waals surface area contributed by atoms with Crippen molar-refractivity contribution in [3.8, 4) is 11.3 Å². The van der Waals surface area contributed by atoms with Gasteiger partial charge < -0.3 is 4.74 Å². The molecular weight excluding hydrogens is 450 g/mol. The minimum Gasteiger partial charge on any atom is -0.373 e. The number of aromatic nitrogens is 6. The lowest BCUT2D eigenvalue weighted by molar-refractivity contribution is 0.0148. The van der Waals surface area contributed by atoms with Gasteiger partial charge in [-0.05, 0) is 64.5 Å². The second-order valence-electron chi connectivity index (χ2n) is 9.11. The van der Waals surface area contributed by atoms with Gasteiger partial charge in [0.05, 0.1) is 29.7 Å². The van der Waals surface area contributed by atoms with Crippen LogP contribution in [0.1, 0.15) is 67.6 Å². The lowest BCUT2D eigenvalue weighted by Crippen LogP contribution is -2.17. The number of benzene rings is 1. The number of nitrogens with zero attached hydrogens (tertiary/aromatic N) is 6. The van der Waals surface area contributed by atoms with E-state index in [0.29, 0.717) is 29.0 Å². The van der Waals surface area contributed by atoms with Crippen LogP contribution in [0.25, 0.3) is 22.4 Å². The van der Waals surface area contributed by atoms with Crippen LogP contribution < -0.4 is 0 Å². The van der Waals surface area contributed by atoms with Crippen LogP contribution in [0.15, 0.2) is 36.9 Å². The van der Waals surface area contributed by atoms with Gasteiger partial charge in [-0.3, -0.25) is 4.68 Å². The van der Waals surface area contributed by atoms with Crippen molar-refractivity contribution >= 4 is 11.2 Å². The third-order valence-corrected chi connectivity index (χ3v) is 6.69. The Labute approximate surface area is 202 Å². The molecule has 3 aromatic heterocycles. The van der Waals surface area contributed by atoms with Crippen molar-refractivity contribution in [3.63, 3.8) is 0 Å². The van der Waals surface area contributed by atoms with Crippen molar-refractivity contribution in [2.75, 3.05) is 6.61 Å². The summed E-state index contributed by atoms with van der Waals surface area (Å²) in [4.78, 5) is 16.8. The molecule has 0 amide bonds. The highest BCUT2D eigenvalue weighted by Gasteiger charge is 2.23. The highest BCUT2D eigenvalue weighted by atomic mass is 19.1. The van der Waals surface area contributed by atoms with Gasteiger partial charge in [0.25, 0.3) is 0 Å². The maximum absolute atomic E-state index is 13.9. The molecule has 2 fully saturated rings. The van der Waals surface area contributed by atoms with Gasteiger partial charge in [-0.25, -0.2) is 28.7 Å². The first-order chi connectivity index (χ1) is 17.0. The van der Waals surface area contributed by atoms with Crippen LogP contribution in [0, 0.1) is 25.5 Å².